The Morgan fingerprint density at radius 2 is 1.00 bits per heavy atom. The minimum absolute atomic E-state index is 0. The van der Waals surface area contributed by atoms with Gasteiger partial charge in [-0.1, -0.05) is 0 Å². The first-order chi connectivity index (χ1) is 0. The standard InChI is InChI=1S/Ag.Au.Ce.O/q+1;2*+3;-2. The first-order valence-electron chi connectivity index (χ1n) is 0. The third-order valence-electron chi connectivity index (χ3n) is 0. The molecule has 0 atom stereocenters. The molecule has 4 heavy (non-hydrogen) atoms. The molecule has 0 unspecified atom stereocenters. The van der Waals surface area contributed by atoms with Crippen LogP contribution in [0.25, 0.3) is 0 Å². The van der Waals surface area contributed by atoms with Gasteiger partial charge in [-0.25, -0.2) is 0 Å². The van der Waals surface area contributed by atoms with Crippen molar-refractivity contribution in [2.45, 2.75) is 0 Å². The van der Waals surface area contributed by atoms with Crippen molar-refractivity contribution in [1.29, 1.82) is 0 Å². The molecule has 0 aromatic heterocycles. The minimum atomic E-state index is 0. The van der Waals surface area contributed by atoms with Gasteiger partial charge < -0.3 is 5.48 Å². The molecule has 1 nitrogen and oxygen atoms in total. The minimum Gasteiger partial charge on any atom is -2.00 e. The molecule has 0 aromatic carbocycles. The van der Waals surface area contributed by atoms with Crippen molar-refractivity contribution in [3.8, 4) is 0 Å². The van der Waals surface area contributed by atoms with E-state index >= 15 is 0 Å². The third kappa shape index (κ3) is 8.84. The summed E-state index contributed by atoms with van der Waals surface area (Å²) in [6.07, 6.45) is 0. The van der Waals surface area contributed by atoms with E-state index in [1.165, 1.54) is 0 Å². The summed E-state index contributed by atoms with van der Waals surface area (Å²) in [6.45, 7) is 0. The molecule has 27 valence electrons. The van der Waals surface area contributed by atoms with Gasteiger partial charge in [0.25, 0.3) is 0 Å². The second-order valence-corrected chi connectivity index (χ2v) is 0. The molecular weight excluding hydrogens is 461 g/mol. The van der Waals surface area contributed by atoms with Gasteiger partial charge in [0.2, 0.25) is 0 Å². The monoisotopic (exact) mass is 460 g/mol. The van der Waals surface area contributed by atoms with Crippen LogP contribution in [-0.4, -0.2) is 0 Å². The first-order valence-corrected chi connectivity index (χ1v) is 0. The fraction of sp³-hybridized carbons (Fsp3) is 0. The van der Waals surface area contributed by atoms with Crippen molar-refractivity contribution in [3.05, 3.63) is 0 Å². The molecule has 0 N–H and O–H groups in total. The normalized spacial score (nSPS) is 0. The van der Waals surface area contributed by atoms with Crippen molar-refractivity contribution in [2.75, 3.05) is 0 Å². The second-order valence-electron chi connectivity index (χ2n) is 0. The van der Waals surface area contributed by atoms with Crippen molar-refractivity contribution >= 4 is 0 Å². The van der Waals surface area contributed by atoms with E-state index in [0.29, 0.717) is 0 Å². The average molecular weight is 461 g/mol. The van der Waals surface area contributed by atoms with E-state index in [1.807, 2.05) is 0 Å². The van der Waals surface area contributed by atoms with E-state index in [1.54, 1.807) is 0 Å². The summed E-state index contributed by atoms with van der Waals surface area (Å²) in [5.74, 6) is 0. The Kier molecular flexibility index (Phi) is 124. The fourth-order valence-corrected chi connectivity index (χ4v) is 0. The van der Waals surface area contributed by atoms with E-state index in [2.05, 4.69) is 0 Å². The molecule has 0 aromatic rings. The van der Waals surface area contributed by atoms with Crippen molar-refractivity contribution in [1.82, 2.24) is 0 Å². The Labute approximate surface area is 90.0 Å². The summed E-state index contributed by atoms with van der Waals surface area (Å²) < 4.78 is 0. The van der Waals surface area contributed by atoms with E-state index in [9.17, 15) is 0 Å². The molecule has 0 aliphatic carbocycles. The molecular formula is AgAuCeO+5. The fourth-order valence-electron chi connectivity index (χ4n) is 0. The molecule has 0 fully saturated rings. The maximum absolute atomic E-state index is 0. The SMILES string of the molecule is [Ag+].[Au+3].[Ce+3].[O-2]. The predicted molar refractivity (Wildman–Crippen MR) is 0.686 cm³/mol. The summed E-state index contributed by atoms with van der Waals surface area (Å²) in [4.78, 5) is 0. The van der Waals surface area contributed by atoms with E-state index in [0.717, 1.165) is 0 Å². The molecule has 0 bridgehead atoms. The first kappa shape index (κ1) is 29.1. The van der Waals surface area contributed by atoms with Crippen LogP contribution in [0.4, 0.5) is 0 Å². The van der Waals surface area contributed by atoms with Gasteiger partial charge in [0, 0.05) is 0 Å². The molecule has 0 saturated heterocycles. The maximum Gasteiger partial charge on any atom is 3.00 e. The Hall–Kier alpha value is 2.82. The molecule has 0 spiro atoms. The van der Waals surface area contributed by atoms with Gasteiger partial charge in [-0.3, -0.25) is 0 Å². The van der Waals surface area contributed by atoms with Crippen LogP contribution in [0, 0.1) is 41.7 Å². The van der Waals surface area contributed by atoms with Crippen LogP contribution in [-0.2, 0) is 50.2 Å². The average Bonchev–Trinajstić information content (AvgIpc) is 0. The molecule has 0 amide bonds. The summed E-state index contributed by atoms with van der Waals surface area (Å²) in [6, 6.07) is 0. The second kappa shape index (κ2) is 17.0. The third-order valence-corrected chi connectivity index (χ3v) is 0. The van der Waals surface area contributed by atoms with Crippen LogP contribution in [0.5, 0.6) is 0 Å². The molecule has 1 radical (unpaired) electrons. The molecule has 0 heterocycles. The Bertz CT molecular complexity index is 8.00. The van der Waals surface area contributed by atoms with Crippen molar-refractivity contribution in [3.63, 3.8) is 0 Å². The topological polar surface area (TPSA) is 28.5 Å². The van der Waals surface area contributed by atoms with E-state index < -0.39 is 0 Å². The zero-order valence-electron chi connectivity index (χ0n) is 1.51. The summed E-state index contributed by atoms with van der Waals surface area (Å²) in [5.41, 5.74) is 0. The predicted octanol–water partition coefficient (Wildman–Crippen LogP) is -0.124. The number of rotatable bonds is 0. The van der Waals surface area contributed by atoms with Gasteiger partial charge in [-0.15, -0.1) is 0 Å². The Morgan fingerprint density at radius 1 is 1.00 bits per heavy atom. The number of hydrogen-bond donors (Lipinski definition) is 0. The maximum atomic E-state index is 0. The Balaban J connectivity index is 0. The van der Waals surface area contributed by atoms with Gasteiger partial charge in [-0.2, -0.15) is 0 Å². The smallest absolute Gasteiger partial charge is 2.00 e. The summed E-state index contributed by atoms with van der Waals surface area (Å²) in [7, 11) is 0. The largest absolute Gasteiger partial charge is 3.00 e. The summed E-state index contributed by atoms with van der Waals surface area (Å²) in [5, 5.41) is 0. The molecule has 4 heteroatoms. The van der Waals surface area contributed by atoms with Gasteiger partial charge in [-0.05, 0) is 0 Å². The van der Waals surface area contributed by atoms with E-state index in [-0.39, 0.29) is 92.0 Å². The van der Waals surface area contributed by atoms with Crippen LogP contribution in [0.2, 0.25) is 0 Å². The zero-order valence-corrected chi connectivity index (χ0v) is 8.30. The molecule has 0 saturated carbocycles. The zero-order chi connectivity index (χ0) is 0. The van der Waals surface area contributed by atoms with E-state index in [4.69, 9.17) is 0 Å². The molecule has 0 rings (SSSR count). The van der Waals surface area contributed by atoms with Crippen LogP contribution < -0.4 is 0 Å². The van der Waals surface area contributed by atoms with Gasteiger partial charge in [0.1, 0.15) is 0 Å². The van der Waals surface area contributed by atoms with Crippen LogP contribution >= 0.6 is 0 Å². The van der Waals surface area contributed by atoms with Crippen LogP contribution in [0.15, 0.2) is 0 Å². The van der Waals surface area contributed by atoms with Gasteiger partial charge in [0.05, 0.1) is 0 Å². The Morgan fingerprint density at radius 3 is 1.00 bits per heavy atom. The van der Waals surface area contributed by atoms with Gasteiger partial charge >= 0.3 is 86.5 Å². The van der Waals surface area contributed by atoms with Crippen LogP contribution in [0.3, 0.4) is 0 Å². The van der Waals surface area contributed by atoms with Crippen molar-refractivity contribution < 1.29 is 92.0 Å². The molecule has 0 aliphatic heterocycles. The van der Waals surface area contributed by atoms with Crippen LogP contribution in [0.1, 0.15) is 0 Å². The number of hydrogen-bond acceptors (Lipinski definition) is 0. The quantitative estimate of drug-likeness (QED) is 0.451. The van der Waals surface area contributed by atoms with Gasteiger partial charge in [0.15, 0.2) is 0 Å². The summed E-state index contributed by atoms with van der Waals surface area (Å²) >= 11 is 0. The molecule has 0 aliphatic rings. The van der Waals surface area contributed by atoms with Crippen molar-refractivity contribution in [2.24, 2.45) is 0 Å².